The Morgan fingerprint density at radius 2 is 1.80 bits per heavy atom. The van der Waals surface area contributed by atoms with E-state index in [1.54, 1.807) is 0 Å². The zero-order valence-corrected chi connectivity index (χ0v) is 15.3. The van der Waals surface area contributed by atoms with Crippen LogP contribution in [0.4, 0.5) is 5.69 Å². The van der Waals surface area contributed by atoms with Gasteiger partial charge in [0.2, 0.25) is 0 Å². The first-order chi connectivity index (χ1) is 12.1. The van der Waals surface area contributed by atoms with Gasteiger partial charge in [0.25, 0.3) is 0 Å². The maximum Gasteiger partial charge on any atom is 0.129 e. The van der Waals surface area contributed by atoms with E-state index in [1.165, 1.54) is 16.7 Å². The van der Waals surface area contributed by atoms with Crippen LogP contribution in [-0.2, 0) is 11.2 Å². The number of benzene rings is 2. The fraction of sp³-hybridized carbons (Fsp3) is 0.273. The SMILES string of the molecule is CC1=C(C)C2([C@H](Cc3ccccc3)Nc3ccc(Cl)cc3)C=CC1O2. The van der Waals surface area contributed by atoms with E-state index >= 15 is 0 Å². The number of fused-ring (bicyclic) bond motifs is 2. The summed E-state index contributed by atoms with van der Waals surface area (Å²) in [6.45, 7) is 4.37. The van der Waals surface area contributed by atoms with Crippen molar-refractivity contribution >= 4 is 17.3 Å². The number of ether oxygens (including phenoxy) is 1. The third-order valence-electron chi connectivity index (χ3n) is 5.43. The number of rotatable bonds is 5. The molecule has 0 spiro atoms. The first-order valence-electron chi connectivity index (χ1n) is 8.69. The minimum absolute atomic E-state index is 0.106. The third-order valence-corrected chi connectivity index (χ3v) is 5.68. The summed E-state index contributed by atoms with van der Waals surface area (Å²) >= 11 is 6.04. The normalized spacial score (nSPS) is 25.5. The molecular formula is C22H22ClNO. The molecule has 2 aromatic carbocycles. The van der Waals surface area contributed by atoms with Crippen molar-refractivity contribution in [3.8, 4) is 0 Å². The van der Waals surface area contributed by atoms with Gasteiger partial charge in [-0.2, -0.15) is 0 Å². The molecule has 128 valence electrons. The number of anilines is 1. The highest BCUT2D eigenvalue weighted by molar-refractivity contribution is 6.30. The van der Waals surface area contributed by atoms with E-state index < -0.39 is 0 Å². The van der Waals surface area contributed by atoms with E-state index in [0.717, 1.165) is 17.1 Å². The van der Waals surface area contributed by atoms with Crippen LogP contribution in [0.1, 0.15) is 19.4 Å². The first-order valence-corrected chi connectivity index (χ1v) is 9.07. The van der Waals surface area contributed by atoms with E-state index in [-0.39, 0.29) is 17.7 Å². The molecule has 0 amide bonds. The van der Waals surface area contributed by atoms with Crippen molar-refractivity contribution in [3.05, 3.63) is 88.5 Å². The van der Waals surface area contributed by atoms with Crippen molar-refractivity contribution in [2.75, 3.05) is 5.32 Å². The lowest BCUT2D eigenvalue weighted by molar-refractivity contribution is 0.0278. The largest absolute Gasteiger partial charge is 0.378 e. The van der Waals surface area contributed by atoms with Gasteiger partial charge in [0, 0.05) is 10.7 Å². The molecule has 2 bridgehead atoms. The predicted molar refractivity (Wildman–Crippen MR) is 104 cm³/mol. The quantitative estimate of drug-likeness (QED) is 0.727. The molecule has 0 radical (unpaired) electrons. The molecule has 2 heterocycles. The summed E-state index contributed by atoms with van der Waals surface area (Å²) < 4.78 is 6.44. The Kier molecular flexibility index (Phi) is 4.18. The molecule has 1 N–H and O–H groups in total. The molecule has 2 nitrogen and oxygen atoms in total. The number of hydrogen-bond acceptors (Lipinski definition) is 2. The van der Waals surface area contributed by atoms with Crippen molar-refractivity contribution in [1.82, 2.24) is 0 Å². The average molecular weight is 352 g/mol. The Bertz CT molecular complexity index is 825. The zero-order valence-electron chi connectivity index (χ0n) is 14.5. The lowest BCUT2D eigenvalue weighted by Crippen LogP contribution is -2.47. The predicted octanol–water partition coefficient (Wildman–Crippen LogP) is 5.41. The Hall–Kier alpha value is -2.03. The van der Waals surface area contributed by atoms with Gasteiger partial charge in [0.1, 0.15) is 5.60 Å². The average Bonchev–Trinajstić information content (AvgIpc) is 3.17. The number of hydrogen-bond donors (Lipinski definition) is 1. The summed E-state index contributed by atoms with van der Waals surface area (Å²) in [7, 11) is 0. The van der Waals surface area contributed by atoms with Gasteiger partial charge in [-0.1, -0.05) is 48.0 Å². The lowest BCUT2D eigenvalue weighted by Gasteiger charge is -2.36. The molecule has 0 saturated carbocycles. The van der Waals surface area contributed by atoms with Crippen LogP contribution >= 0.6 is 11.6 Å². The van der Waals surface area contributed by atoms with Gasteiger partial charge in [-0.3, -0.25) is 0 Å². The van der Waals surface area contributed by atoms with E-state index in [9.17, 15) is 0 Å². The molecule has 25 heavy (non-hydrogen) atoms. The van der Waals surface area contributed by atoms with Gasteiger partial charge in [0.05, 0.1) is 12.1 Å². The number of nitrogens with one attached hydrogen (secondary N) is 1. The van der Waals surface area contributed by atoms with Gasteiger partial charge < -0.3 is 10.1 Å². The summed E-state index contributed by atoms with van der Waals surface area (Å²) in [5.41, 5.74) is 4.61. The first kappa shape index (κ1) is 16.4. The molecule has 0 aliphatic carbocycles. The van der Waals surface area contributed by atoms with E-state index in [4.69, 9.17) is 16.3 Å². The standard InChI is InChI=1S/C22H22ClNO/c1-15-16(2)22(13-12-20(15)25-22)21(14-17-6-4-3-5-7-17)24-19-10-8-18(23)9-11-19/h3-13,20-21,24H,14H2,1-2H3/t20?,21-,22?/m0/s1. The van der Waals surface area contributed by atoms with Crippen molar-refractivity contribution in [2.45, 2.75) is 38.0 Å². The minimum atomic E-state index is -0.385. The molecule has 3 heteroatoms. The molecule has 2 aromatic rings. The van der Waals surface area contributed by atoms with Crippen molar-refractivity contribution in [1.29, 1.82) is 0 Å². The zero-order chi connectivity index (χ0) is 17.4. The van der Waals surface area contributed by atoms with Gasteiger partial charge in [-0.25, -0.2) is 0 Å². The Morgan fingerprint density at radius 3 is 2.44 bits per heavy atom. The van der Waals surface area contributed by atoms with Crippen LogP contribution in [-0.4, -0.2) is 17.7 Å². The third kappa shape index (κ3) is 2.90. The van der Waals surface area contributed by atoms with Crippen LogP contribution in [0.3, 0.4) is 0 Å². The number of halogens is 1. The highest BCUT2D eigenvalue weighted by Crippen LogP contribution is 2.46. The molecule has 2 aliphatic heterocycles. The van der Waals surface area contributed by atoms with Crippen LogP contribution in [0.5, 0.6) is 0 Å². The molecular weight excluding hydrogens is 330 g/mol. The van der Waals surface area contributed by atoms with Crippen LogP contribution < -0.4 is 5.32 Å². The van der Waals surface area contributed by atoms with Crippen molar-refractivity contribution in [2.24, 2.45) is 0 Å². The van der Waals surface area contributed by atoms with Gasteiger partial charge >= 0.3 is 0 Å². The smallest absolute Gasteiger partial charge is 0.129 e. The topological polar surface area (TPSA) is 21.3 Å². The Morgan fingerprint density at radius 1 is 1.08 bits per heavy atom. The highest BCUT2D eigenvalue weighted by Gasteiger charge is 2.50. The monoisotopic (exact) mass is 351 g/mol. The fourth-order valence-electron chi connectivity index (χ4n) is 3.85. The van der Waals surface area contributed by atoms with Crippen molar-refractivity contribution < 1.29 is 4.74 Å². The lowest BCUT2D eigenvalue weighted by atomic mass is 9.80. The summed E-state index contributed by atoms with van der Waals surface area (Å²) in [6.07, 6.45) is 5.41. The maximum absolute atomic E-state index is 6.44. The van der Waals surface area contributed by atoms with E-state index in [0.29, 0.717) is 0 Å². The van der Waals surface area contributed by atoms with Gasteiger partial charge in [0.15, 0.2) is 0 Å². The van der Waals surface area contributed by atoms with Gasteiger partial charge in [-0.15, -0.1) is 0 Å². The molecule has 0 fully saturated rings. The molecule has 4 rings (SSSR count). The second-order valence-corrected chi connectivity index (χ2v) is 7.33. The summed E-state index contributed by atoms with van der Waals surface area (Å²) in [5.74, 6) is 0. The molecule has 0 saturated heterocycles. The second kappa shape index (κ2) is 6.36. The molecule has 3 atom stereocenters. The second-order valence-electron chi connectivity index (χ2n) is 6.89. The van der Waals surface area contributed by atoms with Crippen LogP contribution in [0.15, 0.2) is 77.9 Å². The summed E-state index contributed by atoms with van der Waals surface area (Å²) in [6, 6.07) is 18.5. The van der Waals surface area contributed by atoms with E-state index in [1.807, 2.05) is 24.3 Å². The van der Waals surface area contributed by atoms with Crippen LogP contribution in [0.25, 0.3) is 0 Å². The maximum atomic E-state index is 6.44. The fourth-order valence-corrected chi connectivity index (χ4v) is 3.98. The highest BCUT2D eigenvalue weighted by atomic mass is 35.5. The molecule has 2 unspecified atom stereocenters. The Labute approximate surface area is 154 Å². The Balaban J connectivity index is 1.69. The van der Waals surface area contributed by atoms with Crippen LogP contribution in [0.2, 0.25) is 5.02 Å². The van der Waals surface area contributed by atoms with Crippen molar-refractivity contribution in [3.63, 3.8) is 0 Å². The summed E-state index contributed by atoms with van der Waals surface area (Å²) in [4.78, 5) is 0. The summed E-state index contributed by atoms with van der Waals surface area (Å²) in [5, 5.41) is 4.44. The van der Waals surface area contributed by atoms with Gasteiger partial charge in [-0.05, 0) is 67.3 Å². The molecule has 0 aromatic heterocycles. The van der Waals surface area contributed by atoms with E-state index in [2.05, 4.69) is 61.6 Å². The molecule has 2 aliphatic rings. The van der Waals surface area contributed by atoms with Crippen LogP contribution in [0, 0.1) is 0 Å². The minimum Gasteiger partial charge on any atom is -0.378 e.